The molecule has 0 aliphatic rings. The fourth-order valence-electron chi connectivity index (χ4n) is 1.21. The molecule has 0 aliphatic carbocycles. The highest BCUT2D eigenvalue weighted by Gasteiger charge is 1.91. The van der Waals surface area contributed by atoms with Crippen molar-refractivity contribution < 1.29 is 14.3 Å². The molecule has 15 heavy (non-hydrogen) atoms. The van der Waals surface area contributed by atoms with Gasteiger partial charge in [-0.25, -0.2) is 4.79 Å². The minimum atomic E-state index is -0.377. The van der Waals surface area contributed by atoms with E-state index in [-0.39, 0.29) is 5.97 Å². The molecular formula is C12H22O3. The van der Waals surface area contributed by atoms with E-state index in [9.17, 15) is 4.79 Å². The van der Waals surface area contributed by atoms with E-state index < -0.39 is 0 Å². The molecule has 0 rings (SSSR count). The normalized spacial score (nSPS) is 10.5. The Morgan fingerprint density at radius 2 is 1.80 bits per heavy atom. The number of methoxy groups -OCH3 is 1. The van der Waals surface area contributed by atoms with Crippen LogP contribution < -0.4 is 0 Å². The van der Waals surface area contributed by atoms with Crippen LogP contribution >= 0.6 is 0 Å². The van der Waals surface area contributed by atoms with Crippen molar-refractivity contribution in [3.63, 3.8) is 0 Å². The van der Waals surface area contributed by atoms with E-state index in [1.54, 1.807) is 0 Å². The van der Waals surface area contributed by atoms with Crippen LogP contribution in [0.5, 0.6) is 0 Å². The Bertz CT molecular complexity index is 176. The predicted molar refractivity (Wildman–Crippen MR) is 60.5 cm³/mol. The van der Waals surface area contributed by atoms with Crippen molar-refractivity contribution in [2.45, 2.75) is 45.4 Å². The van der Waals surface area contributed by atoms with Crippen LogP contribution in [-0.2, 0) is 14.3 Å². The molecule has 0 heterocycles. The van der Waals surface area contributed by atoms with Crippen LogP contribution in [0.25, 0.3) is 0 Å². The van der Waals surface area contributed by atoms with Crippen LogP contribution in [0, 0.1) is 0 Å². The molecule has 0 aromatic carbocycles. The van der Waals surface area contributed by atoms with Crippen molar-refractivity contribution in [2.75, 3.05) is 13.7 Å². The van der Waals surface area contributed by atoms with Gasteiger partial charge >= 0.3 is 5.97 Å². The highest BCUT2D eigenvalue weighted by molar-refractivity contribution is 5.81. The summed E-state index contributed by atoms with van der Waals surface area (Å²) in [5.74, 6) is -0.377. The minimum absolute atomic E-state index is 0.377. The Hall–Kier alpha value is -0.990. The van der Waals surface area contributed by atoms with Crippen LogP contribution in [-0.4, -0.2) is 19.7 Å². The van der Waals surface area contributed by atoms with E-state index in [2.05, 4.69) is 11.7 Å². The molecule has 0 atom stereocenters. The molecule has 3 nitrogen and oxygen atoms in total. The molecule has 88 valence electrons. The lowest BCUT2D eigenvalue weighted by Gasteiger charge is -2.00. The maximum Gasteiger partial charge on any atom is 0.333 e. The summed E-state index contributed by atoms with van der Waals surface area (Å²) < 4.78 is 9.55. The third kappa shape index (κ3) is 10.9. The predicted octanol–water partition coefficient (Wildman–Crippen LogP) is 3.05. The summed E-state index contributed by atoms with van der Waals surface area (Å²) in [6.45, 7) is 2.89. The van der Waals surface area contributed by atoms with Gasteiger partial charge < -0.3 is 9.47 Å². The zero-order valence-electron chi connectivity index (χ0n) is 9.83. The average Bonchev–Trinajstić information content (AvgIpc) is 2.26. The number of unbranched alkanes of at least 4 members (excludes halogenated alkanes) is 5. The highest BCUT2D eigenvalue weighted by Crippen LogP contribution is 2.04. The molecular weight excluding hydrogens is 192 g/mol. The number of carbonyl (C=O) groups excluding carboxylic acids is 1. The number of hydrogen-bond donors (Lipinski definition) is 0. The topological polar surface area (TPSA) is 35.5 Å². The summed E-state index contributed by atoms with van der Waals surface area (Å²) in [7, 11) is 1.35. The molecule has 0 saturated heterocycles. The van der Waals surface area contributed by atoms with Gasteiger partial charge in [0.25, 0.3) is 0 Å². The quantitative estimate of drug-likeness (QED) is 0.256. The third-order valence-corrected chi connectivity index (χ3v) is 2.12. The first-order chi connectivity index (χ1) is 7.31. The monoisotopic (exact) mass is 214 g/mol. The smallest absolute Gasteiger partial charge is 0.333 e. The van der Waals surface area contributed by atoms with Crippen molar-refractivity contribution in [1.82, 2.24) is 0 Å². The number of rotatable bonds is 9. The van der Waals surface area contributed by atoms with E-state index in [4.69, 9.17) is 4.74 Å². The second-order valence-corrected chi connectivity index (χ2v) is 3.46. The van der Waals surface area contributed by atoms with Gasteiger partial charge in [-0.3, -0.25) is 0 Å². The first-order valence-corrected chi connectivity index (χ1v) is 5.67. The Morgan fingerprint density at radius 3 is 2.47 bits per heavy atom. The Labute approximate surface area is 92.5 Å². The minimum Gasteiger partial charge on any atom is -0.501 e. The molecule has 0 aliphatic heterocycles. The van der Waals surface area contributed by atoms with Gasteiger partial charge in [0.15, 0.2) is 0 Å². The largest absolute Gasteiger partial charge is 0.501 e. The van der Waals surface area contributed by atoms with E-state index in [0.29, 0.717) is 6.61 Å². The second-order valence-electron chi connectivity index (χ2n) is 3.46. The van der Waals surface area contributed by atoms with Crippen molar-refractivity contribution in [3.8, 4) is 0 Å². The summed E-state index contributed by atoms with van der Waals surface area (Å²) in [4.78, 5) is 10.6. The van der Waals surface area contributed by atoms with Crippen LogP contribution in [0.4, 0.5) is 0 Å². The Kier molecular flexibility index (Phi) is 10.4. The Morgan fingerprint density at radius 1 is 1.13 bits per heavy atom. The van der Waals surface area contributed by atoms with Gasteiger partial charge in [0, 0.05) is 0 Å². The number of hydrogen-bond acceptors (Lipinski definition) is 3. The maximum absolute atomic E-state index is 10.6. The molecule has 0 fully saturated rings. The molecule has 0 N–H and O–H groups in total. The third-order valence-electron chi connectivity index (χ3n) is 2.12. The van der Waals surface area contributed by atoms with Crippen molar-refractivity contribution in [3.05, 3.63) is 12.3 Å². The van der Waals surface area contributed by atoms with E-state index in [0.717, 1.165) is 6.42 Å². The summed E-state index contributed by atoms with van der Waals surface area (Å²) in [5.41, 5.74) is 0. The number of carbonyl (C=O) groups is 1. The fourth-order valence-corrected chi connectivity index (χ4v) is 1.21. The van der Waals surface area contributed by atoms with Gasteiger partial charge in [-0.15, -0.1) is 0 Å². The molecule has 0 aromatic rings. The lowest BCUT2D eigenvalue weighted by atomic mass is 10.1. The second kappa shape index (κ2) is 11.1. The van der Waals surface area contributed by atoms with Gasteiger partial charge in [0.05, 0.1) is 26.1 Å². The average molecular weight is 214 g/mol. The molecule has 0 aromatic heterocycles. The van der Waals surface area contributed by atoms with E-state index in [1.165, 1.54) is 51.6 Å². The summed E-state index contributed by atoms with van der Waals surface area (Å²) in [6.07, 6.45) is 10.1. The highest BCUT2D eigenvalue weighted by atomic mass is 16.5. The SMILES string of the molecule is CCCCCCCCO/C=C/C(=O)OC. The zero-order chi connectivity index (χ0) is 11.4. The molecule has 0 radical (unpaired) electrons. The van der Waals surface area contributed by atoms with Crippen LogP contribution in [0.15, 0.2) is 12.3 Å². The summed E-state index contributed by atoms with van der Waals surface area (Å²) >= 11 is 0. The van der Waals surface area contributed by atoms with Crippen LogP contribution in [0.2, 0.25) is 0 Å². The molecule has 3 heteroatoms. The van der Waals surface area contributed by atoms with Crippen LogP contribution in [0.1, 0.15) is 45.4 Å². The standard InChI is InChI=1S/C12H22O3/c1-3-4-5-6-7-8-10-15-11-9-12(13)14-2/h9,11H,3-8,10H2,1-2H3/b11-9+. The van der Waals surface area contributed by atoms with Gasteiger partial charge in [-0.1, -0.05) is 39.0 Å². The summed E-state index contributed by atoms with van der Waals surface area (Å²) in [5, 5.41) is 0. The lowest BCUT2D eigenvalue weighted by Crippen LogP contribution is -1.95. The zero-order valence-corrected chi connectivity index (χ0v) is 9.83. The maximum atomic E-state index is 10.6. The van der Waals surface area contributed by atoms with Crippen molar-refractivity contribution in [2.24, 2.45) is 0 Å². The van der Waals surface area contributed by atoms with E-state index >= 15 is 0 Å². The van der Waals surface area contributed by atoms with Crippen molar-refractivity contribution >= 4 is 5.97 Å². The van der Waals surface area contributed by atoms with Crippen LogP contribution in [0.3, 0.4) is 0 Å². The first-order valence-electron chi connectivity index (χ1n) is 5.67. The summed E-state index contributed by atoms with van der Waals surface area (Å²) in [6, 6.07) is 0. The molecule has 0 unspecified atom stereocenters. The first kappa shape index (κ1) is 14.0. The Balaban J connectivity index is 3.11. The van der Waals surface area contributed by atoms with Crippen molar-refractivity contribution in [1.29, 1.82) is 0 Å². The number of esters is 1. The molecule has 0 saturated carbocycles. The van der Waals surface area contributed by atoms with Gasteiger partial charge in [0.2, 0.25) is 0 Å². The van der Waals surface area contributed by atoms with Gasteiger partial charge in [0.1, 0.15) is 0 Å². The number of ether oxygens (including phenoxy) is 2. The molecule has 0 bridgehead atoms. The van der Waals surface area contributed by atoms with Gasteiger partial charge in [-0.2, -0.15) is 0 Å². The molecule has 0 spiro atoms. The van der Waals surface area contributed by atoms with Gasteiger partial charge in [-0.05, 0) is 6.42 Å². The van der Waals surface area contributed by atoms with E-state index in [1.807, 2.05) is 0 Å². The lowest BCUT2D eigenvalue weighted by molar-refractivity contribution is -0.134. The fraction of sp³-hybridized carbons (Fsp3) is 0.750. The molecule has 0 amide bonds.